The monoisotopic (exact) mass is 234 g/mol. The first-order valence-electron chi connectivity index (χ1n) is 6.08. The number of guanidine groups is 1. The van der Waals surface area contributed by atoms with Gasteiger partial charge in [-0.05, 0) is 39.3 Å². The highest BCUT2D eigenvalue weighted by Crippen LogP contribution is 2.04. The van der Waals surface area contributed by atoms with Crippen molar-refractivity contribution in [2.24, 2.45) is 4.99 Å². The van der Waals surface area contributed by atoms with Crippen LogP contribution in [0.5, 0.6) is 0 Å². The number of aryl methyl sites for hydroxylation is 1. The van der Waals surface area contributed by atoms with Crippen molar-refractivity contribution >= 4 is 5.96 Å². The molecule has 4 nitrogen and oxygen atoms in total. The molecule has 4 heteroatoms. The normalized spacial score (nSPS) is 11.7. The van der Waals surface area contributed by atoms with Gasteiger partial charge in [0.2, 0.25) is 0 Å². The number of aliphatic imine (C=N–C) groups is 1. The van der Waals surface area contributed by atoms with Gasteiger partial charge in [0.05, 0.1) is 12.2 Å². The van der Waals surface area contributed by atoms with Crippen molar-refractivity contribution in [3.63, 3.8) is 0 Å². The summed E-state index contributed by atoms with van der Waals surface area (Å²) in [5, 5.41) is 6.50. The van der Waals surface area contributed by atoms with Crippen molar-refractivity contribution < 1.29 is 0 Å². The largest absolute Gasteiger partial charge is 0.357 e. The van der Waals surface area contributed by atoms with Crippen molar-refractivity contribution in [3.8, 4) is 0 Å². The minimum atomic E-state index is 0.373. The molecule has 0 saturated carbocycles. The summed E-state index contributed by atoms with van der Waals surface area (Å²) in [7, 11) is 0. The lowest BCUT2D eigenvalue weighted by molar-refractivity contribution is 0.699. The molecule has 0 radical (unpaired) electrons. The number of pyridine rings is 1. The van der Waals surface area contributed by atoms with Gasteiger partial charge in [-0.25, -0.2) is 4.99 Å². The summed E-state index contributed by atoms with van der Waals surface area (Å²) in [5.74, 6) is 0.840. The van der Waals surface area contributed by atoms with E-state index < -0.39 is 0 Å². The van der Waals surface area contributed by atoms with Crippen LogP contribution < -0.4 is 10.6 Å². The second-order valence-electron chi connectivity index (χ2n) is 4.26. The van der Waals surface area contributed by atoms with E-state index in [-0.39, 0.29) is 0 Å². The summed E-state index contributed by atoms with van der Waals surface area (Å²) in [6.07, 6.45) is 1.81. The molecule has 0 saturated heterocycles. The fraction of sp³-hybridized carbons (Fsp3) is 0.538. The van der Waals surface area contributed by atoms with Crippen LogP contribution in [0.2, 0.25) is 0 Å². The minimum absolute atomic E-state index is 0.373. The lowest BCUT2D eigenvalue weighted by atomic mass is 10.2. The van der Waals surface area contributed by atoms with Gasteiger partial charge in [-0.2, -0.15) is 0 Å². The molecule has 0 unspecified atom stereocenters. The Labute approximate surface area is 104 Å². The zero-order valence-electron chi connectivity index (χ0n) is 11.1. The Balaban J connectivity index is 2.68. The van der Waals surface area contributed by atoms with Crippen molar-refractivity contribution in [2.45, 2.75) is 40.3 Å². The maximum Gasteiger partial charge on any atom is 0.191 e. The molecule has 0 spiro atoms. The lowest BCUT2D eigenvalue weighted by Gasteiger charge is -2.14. The van der Waals surface area contributed by atoms with Gasteiger partial charge in [-0.1, -0.05) is 6.07 Å². The molecule has 1 aromatic rings. The summed E-state index contributed by atoms with van der Waals surface area (Å²) in [4.78, 5) is 8.84. The highest BCUT2D eigenvalue weighted by atomic mass is 15.2. The van der Waals surface area contributed by atoms with E-state index >= 15 is 0 Å². The number of nitrogens with zero attached hydrogens (tertiary/aromatic N) is 2. The van der Waals surface area contributed by atoms with E-state index in [0.717, 1.165) is 18.2 Å². The predicted molar refractivity (Wildman–Crippen MR) is 72.1 cm³/mol. The molecule has 0 aromatic carbocycles. The molecule has 1 heterocycles. The van der Waals surface area contributed by atoms with E-state index in [1.165, 1.54) is 5.56 Å². The molecule has 0 bridgehead atoms. The molecule has 0 aliphatic rings. The van der Waals surface area contributed by atoms with Gasteiger partial charge in [-0.3, -0.25) is 4.98 Å². The molecule has 0 amide bonds. The summed E-state index contributed by atoms with van der Waals surface area (Å²) < 4.78 is 0. The Morgan fingerprint density at radius 2 is 2.24 bits per heavy atom. The fourth-order valence-corrected chi connectivity index (χ4v) is 1.43. The summed E-state index contributed by atoms with van der Waals surface area (Å²) in [5.41, 5.74) is 2.20. The van der Waals surface area contributed by atoms with Gasteiger partial charge >= 0.3 is 0 Å². The number of rotatable bonds is 4. The molecule has 1 rings (SSSR count). The smallest absolute Gasteiger partial charge is 0.191 e. The Morgan fingerprint density at radius 3 is 2.82 bits per heavy atom. The van der Waals surface area contributed by atoms with Crippen LogP contribution in [0, 0.1) is 6.92 Å². The molecule has 0 aliphatic heterocycles. The number of nitrogens with one attached hydrogen (secondary N) is 2. The Kier molecular flexibility index (Phi) is 5.46. The van der Waals surface area contributed by atoms with Gasteiger partial charge in [0.25, 0.3) is 0 Å². The molecule has 94 valence electrons. The average Bonchev–Trinajstić information content (AvgIpc) is 2.27. The third-order valence-electron chi connectivity index (χ3n) is 2.27. The van der Waals surface area contributed by atoms with Gasteiger partial charge in [0.1, 0.15) is 0 Å². The predicted octanol–water partition coefficient (Wildman–Crippen LogP) is 1.85. The standard InChI is InChI=1S/C13H22N4/c1-5-14-13(17-10(2)3)16-9-12-11(4)7-6-8-15-12/h6-8,10H,5,9H2,1-4H3,(H2,14,16,17). The maximum atomic E-state index is 4.52. The topological polar surface area (TPSA) is 49.3 Å². The zero-order chi connectivity index (χ0) is 12.7. The third-order valence-corrected chi connectivity index (χ3v) is 2.27. The SMILES string of the molecule is CCNC(=NCc1ncccc1C)NC(C)C. The molecular formula is C13H22N4. The van der Waals surface area contributed by atoms with E-state index in [1.807, 2.05) is 6.07 Å². The molecule has 0 fully saturated rings. The van der Waals surface area contributed by atoms with E-state index in [2.05, 4.69) is 54.4 Å². The van der Waals surface area contributed by atoms with Crippen LogP contribution in [0.4, 0.5) is 0 Å². The lowest BCUT2D eigenvalue weighted by Crippen LogP contribution is -2.41. The Bertz CT molecular complexity index is 371. The Morgan fingerprint density at radius 1 is 1.47 bits per heavy atom. The highest BCUT2D eigenvalue weighted by molar-refractivity contribution is 5.79. The fourth-order valence-electron chi connectivity index (χ4n) is 1.43. The van der Waals surface area contributed by atoms with Crippen LogP contribution >= 0.6 is 0 Å². The average molecular weight is 234 g/mol. The van der Waals surface area contributed by atoms with Gasteiger partial charge < -0.3 is 10.6 Å². The number of hydrogen-bond acceptors (Lipinski definition) is 2. The first-order chi connectivity index (χ1) is 8.13. The highest BCUT2D eigenvalue weighted by Gasteiger charge is 2.01. The van der Waals surface area contributed by atoms with E-state index in [9.17, 15) is 0 Å². The molecule has 0 atom stereocenters. The first kappa shape index (κ1) is 13.5. The van der Waals surface area contributed by atoms with Crippen LogP contribution in [0.1, 0.15) is 32.0 Å². The second-order valence-corrected chi connectivity index (χ2v) is 4.26. The molecule has 17 heavy (non-hydrogen) atoms. The molecule has 2 N–H and O–H groups in total. The third kappa shape index (κ3) is 4.85. The first-order valence-corrected chi connectivity index (χ1v) is 6.08. The quantitative estimate of drug-likeness (QED) is 0.617. The van der Waals surface area contributed by atoms with Crippen molar-refractivity contribution in [1.82, 2.24) is 15.6 Å². The maximum absolute atomic E-state index is 4.52. The number of hydrogen-bond donors (Lipinski definition) is 2. The van der Waals surface area contributed by atoms with E-state index in [4.69, 9.17) is 0 Å². The zero-order valence-corrected chi connectivity index (χ0v) is 11.1. The van der Waals surface area contributed by atoms with Gasteiger partial charge in [0, 0.05) is 18.8 Å². The van der Waals surface area contributed by atoms with Crippen LogP contribution in [0.15, 0.2) is 23.3 Å². The van der Waals surface area contributed by atoms with Gasteiger partial charge in [0.15, 0.2) is 5.96 Å². The molecule has 0 aliphatic carbocycles. The van der Waals surface area contributed by atoms with Crippen LogP contribution in [0.3, 0.4) is 0 Å². The summed E-state index contributed by atoms with van der Waals surface area (Å²) in [6, 6.07) is 4.37. The van der Waals surface area contributed by atoms with Crippen LogP contribution in [-0.4, -0.2) is 23.5 Å². The second kappa shape index (κ2) is 6.89. The molecule has 1 aromatic heterocycles. The van der Waals surface area contributed by atoms with Crippen molar-refractivity contribution in [3.05, 3.63) is 29.6 Å². The van der Waals surface area contributed by atoms with Crippen molar-refractivity contribution in [1.29, 1.82) is 0 Å². The minimum Gasteiger partial charge on any atom is -0.357 e. The van der Waals surface area contributed by atoms with Gasteiger partial charge in [-0.15, -0.1) is 0 Å². The summed E-state index contributed by atoms with van der Waals surface area (Å²) in [6.45, 7) is 9.77. The van der Waals surface area contributed by atoms with Crippen LogP contribution in [-0.2, 0) is 6.54 Å². The Hall–Kier alpha value is -1.58. The van der Waals surface area contributed by atoms with Crippen LogP contribution in [0.25, 0.3) is 0 Å². The van der Waals surface area contributed by atoms with Crippen molar-refractivity contribution in [2.75, 3.05) is 6.54 Å². The van der Waals surface area contributed by atoms with E-state index in [0.29, 0.717) is 12.6 Å². The number of aromatic nitrogens is 1. The van der Waals surface area contributed by atoms with E-state index in [1.54, 1.807) is 6.20 Å². The summed E-state index contributed by atoms with van der Waals surface area (Å²) >= 11 is 0. The molecular weight excluding hydrogens is 212 g/mol.